The van der Waals surface area contributed by atoms with Crippen LogP contribution in [0.5, 0.6) is 0 Å². The molecule has 1 aliphatic rings. The molecule has 3 amide bonds. The van der Waals surface area contributed by atoms with Crippen molar-refractivity contribution in [3.8, 4) is 22.5 Å². The largest absolute Gasteiger partial charge is 0.375 e. The number of aryl methyl sites for hydroxylation is 2. The van der Waals surface area contributed by atoms with Crippen LogP contribution in [-0.4, -0.2) is 88.7 Å². The van der Waals surface area contributed by atoms with Gasteiger partial charge in [-0.15, -0.1) is 0 Å². The molecule has 0 bridgehead atoms. The minimum atomic E-state index is -0.592. The number of rotatable bonds is 22. The topological polar surface area (TPSA) is 219 Å². The van der Waals surface area contributed by atoms with Gasteiger partial charge < -0.3 is 35.4 Å². The highest BCUT2D eigenvalue weighted by Gasteiger charge is 2.34. The normalized spacial score (nSPS) is 13.4. The lowest BCUT2D eigenvalue weighted by molar-refractivity contribution is -0.144. The number of carbonyl (C=O) groups excluding carboxylic acids is 4. The van der Waals surface area contributed by atoms with Crippen LogP contribution >= 0.6 is 0 Å². The molecular weight excluding hydrogens is 867 g/mol. The van der Waals surface area contributed by atoms with Gasteiger partial charge in [-0.05, 0) is 132 Å². The molecule has 0 radical (unpaired) electrons. The Balaban J connectivity index is 0.000000548. The Bertz CT molecular complexity index is 2290. The number of unbranched alkanes of at least 4 members (excludes halogenated alkanes) is 2. The molecule has 0 saturated carbocycles. The zero-order valence-corrected chi connectivity index (χ0v) is 43.1. The summed E-state index contributed by atoms with van der Waals surface area (Å²) in [6.07, 6.45) is 14.7. The predicted octanol–water partition coefficient (Wildman–Crippen LogP) is 8.66. The lowest BCUT2D eigenvalue weighted by Crippen LogP contribution is -2.52. The van der Waals surface area contributed by atoms with Gasteiger partial charge in [-0.2, -0.15) is 0 Å². The van der Waals surface area contributed by atoms with Gasteiger partial charge in [0.25, 0.3) is 0 Å². The lowest BCUT2D eigenvalue weighted by atomic mass is 9.80. The number of amides is 3. The fourth-order valence-electron chi connectivity index (χ4n) is 9.05. The summed E-state index contributed by atoms with van der Waals surface area (Å²) in [4.78, 5) is 59.9. The van der Waals surface area contributed by atoms with E-state index in [2.05, 4.69) is 105 Å². The number of allylic oxidation sites excluding steroid dienone is 2. The van der Waals surface area contributed by atoms with Crippen LogP contribution in [0.1, 0.15) is 116 Å². The third kappa shape index (κ3) is 16.7. The highest BCUT2D eigenvalue weighted by Crippen LogP contribution is 2.42. The van der Waals surface area contributed by atoms with Crippen LogP contribution in [0.4, 0.5) is 0 Å². The molecule has 2 unspecified atom stereocenters. The summed E-state index contributed by atoms with van der Waals surface area (Å²) in [7, 11) is 4.86. The van der Waals surface area contributed by atoms with E-state index in [4.69, 9.17) is 20.4 Å². The number of nitrogens with zero attached hydrogens (tertiary/aromatic N) is 5. The van der Waals surface area contributed by atoms with Crippen LogP contribution < -0.4 is 23.2 Å². The monoisotopic (exact) mass is 950 g/mol. The number of ether oxygens (including phenoxy) is 1. The third-order valence-corrected chi connectivity index (χ3v) is 12.8. The number of carbonyl (C=O) groups is 4. The van der Waals surface area contributed by atoms with Gasteiger partial charge >= 0.3 is 0 Å². The van der Waals surface area contributed by atoms with Gasteiger partial charge in [0.2, 0.25) is 17.7 Å². The number of likely N-dealkylation sites (tertiary alicyclic amines) is 1. The Kier molecular flexibility index (Phi) is 25.7. The van der Waals surface area contributed by atoms with E-state index < -0.39 is 11.9 Å². The summed E-state index contributed by atoms with van der Waals surface area (Å²) in [5.74, 6) is 7.15. The van der Waals surface area contributed by atoms with E-state index in [1.165, 1.54) is 40.2 Å². The Morgan fingerprint density at radius 3 is 2.25 bits per heavy atom. The first-order valence-corrected chi connectivity index (χ1v) is 24.2. The van der Waals surface area contributed by atoms with Crippen molar-refractivity contribution in [1.82, 2.24) is 24.3 Å². The molecule has 69 heavy (non-hydrogen) atoms. The van der Waals surface area contributed by atoms with Gasteiger partial charge in [0.05, 0.1) is 23.2 Å². The van der Waals surface area contributed by atoms with Gasteiger partial charge in [-0.1, -0.05) is 77.6 Å². The summed E-state index contributed by atoms with van der Waals surface area (Å²) in [6, 6.07) is 16.7. The number of methoxy groups -OCH3 is 1. The van der Waals surface area contributed by atoms with E-state index in [9.17, 15) is 19.2 Å². The lowest BCUT2D eigenvalue weighted by Gasteiger charge is -2.35. The Labute approximate surface area is 412 Å². The number of hydrogen-bond acceptors (Lipinski definition) is 10. The smallest absolute Gasteiger partial charge is 0.245 e. The maximum atomic E-state index is 12.5. The second-order valence-electron chi connectivity index (χ2n) is 18.4. The summed E-state index contributed by atoms with van der Waals surface area (Å²) in [5, 5.41) is 1.23. The van der Waals surface area contributed by atoms with Crippen molar-refractivity contribution < 1.29 is 23.9 Å². The van der Waals surface area contributed by atoms with E-state index >= 15 is 0 Å². The van der Waals surface area contributed by atoms with E-state index in [1.54, 1.807) is 19.1 Å². The number of benzene rings is 1. The van der Waals surface area contributed by atoms with Crippen molar-refractivity contribution in [1.29, 1.82) is 0 Å². The van der Waals surface area contributed by atoms with E-state index in [0.717, 1.165) is 91.6 Å². The van der Waals surface area contributed by atoms with Crippen molar-refractivity contribution in [2.45, 2.75) is 124 Å². The van der Waals surface area contributed by atoms with Crippen LogP contribution in [-0.2, 0) is 43.3 Å². The van der Waals surface area contributed by atoms with Crippen molar-refractivity contribution in [2.24, 2.45) is 40.4 Å². The quantitative estimate of drug-likeness (QED) is 0.0147. The number of hydrazine groups is 1. The average Bonchev–Trinajstić information content (AvgIpc) is 3.67. The van der Waals surface area contributed by atoms with Gasteiger partial charge in [0.15, 0.2) is 0 Å². The maximum absolute atomic E-state index is 12.5. The summed E-state index contributed by atoms with van der Waals surface area (Å²) in [6.45, 7) is 25.7. The molecule has 1 saturated heterocycles. The Hall–Kier alpha value is -5.80. The molecular formula is C55H83N9O5. The first-order chi connectivity index (χ1) is 33.0. The van der Waals surface area contributed by atoms with Crippen molar-refractivity contribution >= 4 is 34.9 Å². The van der Waals surface area contributed by atoms with Gasteiger partial charge in [0.1, 0.15) is 12.3 Å². The van der Waals surface area contributed by atoms with Crippen LogP contribution in [0.3, 0.4) is 0 Å². The van der Waals surface area contributed by atoms with Gasteiger partial charge in [0, 0.05) is 80.1 Å². The van der Waals surface area contributed by atoms with Crippen molar-refractivity contribution in [2.75, 3.05) is 34.3 Å². The Morgan fingerprint density at radius 2 is 1.67 bits per heavy atom. The molecule has 1 fully saturated rings. The Morgan fingerprint density at radius 1 is 0.986 bits per heavy atom. The number of piperidine rings is 1. The molecule has 5 rings (SSSR count). The minimum Gasteiger partial charge on any atom is -0.375 e. The molecule has 14 heteroatoms. The molecule has 4 aromatic rings. The number of primary amides is 1. The number of aldehydes is 1. The third-order valence-electron chi connectivity index (χ3n) is 12.8. The maximum Gasteiger partial charge on any atom is 0.245 e. The second-order valence-corrected chi connectivity index (χ2v) is 18.4. The van der Waals surface area contributed by atoms with Crippen LogP contribution in [0.15, 0.2) is 92.2 Å². The van der Waals surface area contributed by atoms with Crippen LogP contribution in [0, 0.1) is 17.3 Å². The first-order valence-electron chi connectivity index (χ1n) is 24.2. The predicted molar refractivity (Wildman–Crippen MR) is 282 cm³/mol. The van der Waals surface area contributed by atoms with E-state index in [0.29, 0.717) is 32.4 Å². The highest BCUT2D eigenvalue weighted by atomic mass is 16.5. The molecule has 2 atom stereocenters. The number of pyridine rings is 2. The van der Waals surface area contributed by atoms with Crippen LogP contribution in [0.2, 0.25) is 0 Å². The van der Waals surface area contributed by atoms with Gasteiger partial charge in [-0.25, -0.2) is 0 Å². The molecule has 8 N–H and O–H groups in total. The second kappa shape index (κ2) is 29.9. The van der Waals surface area contributed by atoms with Crippen molar-refractivity contribution in [3.63, 3.8) is 0 Å². The zero-order valence-electron chi connectivity index (χ0n) is 43.1. The number of fused-ring (bicyclic) bond motifs is 1. The number of aromatic nitrogens is 3. The molecule has 4 heterocycles. The molecule has 378 valence electrons. The molecule has 14 nitrogen and oxygen atoms in total. The highest BCUT2D eigenvalue weighted by molar-refractivity contribution is 5.95. The average molecular weight is 950 g/mol. The summed E-state index contributed by atoms with van der Waals surface area (Å²) in [5.41, 5.74) is 19.9. The molecule has 1 aromatic carbocycles. The fourth-order valence-corrected chi connectivity index (χ4v) is 9.05. The molecule has 3 aromatic heterocycles. The molecule has 1 aliphatic heterocycles. The number of hydrogen-bond donors (Lipinski definition) is 4. The van der Waals surface area contributed by atoms with Crippen LogP contribution in [0.25, 0.3) is 33.4 Å². The summed E-state index contributed by atoms with van der Waals surface area (Å²) < 4.78 is 8.17. The van der Waals surface area contributed by atoms with E-state index in [1.807, 2.05) is 39.1 Å². The number of nitrogens with two attached hydrogens (primary N) is 4. The SMILES string of the molecule is C=CC(=C)CCCCCc1cccc(-c2ccc3c(c2)c(CC(C)(C)CCC=O)c(-c2cccnc2C(C)OC)n3CC)n1.C=CC(=O)N1CCC(C(=O)N(C)C(C(N)=O)C(C)C)CC1.CN.NN. The van der Waals surface area contributed by atoms with E-state index in [-0.39, 0.29) is 35.2 Å². The standard InChI is InChI=1S/C39H49N3O2.C15H25N3O3.CH5N.H4N2/c1-8-28(3)16-11-10-12-17-31-18-13-20-35(41-31)30-21-22-36-33(26-30)34(27-39(5,6)23-15-25-43)38(42(36)9-2)32-19-14-24-40-37(32)29(4)44-7;1-5-12(19)18-8-6-11(7-9-18)15(21)17(4)13(10(2)3)14(16)20;2*1-2/h8,13-14,18-22,24-26,29H,1,3,9-12,15-17,23,27H2,2,4-7H3;5,10-11,13H,1,6-9H2,2-4H3,(H2,16,20);2H2,1H3;1-2H2. The molecule has 0 spiro atoms. The van der Waals surface area contributed by atoms with Crippen molar-refractivity contribution in [3.05, 3.63) is 109 Å². The van der Waals surface area contributed by atoms with Gasteiger partial charge in [-0.3, -0.25) is 36.0 Å². The zero-order chi connectivity index (χ0) is 51.8. The summed E-state index contributed by atoms with van der Waals surface area (Å²) >= 11 is 0. The number of likely N-dealkylation sites (N-methyl/N-ethyl adjacent to an activating group) is 1. The minimum absolute atomic E-state index is 0.0288. The fraction of sp³-hybridized carbons (Fsp3) is 0.491. The molecule has 0 aliphatic carbocycles. The first kappa shape index (κ1) is 59.3.